The molecule has 6 N–H and O–H groups in total. The summed E-state index contributed by atoms with van der Waals surface area (Å²) < 4.78 is 0. The van der Waals surface area contributed by atoms with E-state index in [9.17, 15) is 48.3 Å². The number of hydrogen-bond acceptors (Lipinski definition) is 12. The second kappa shape index (κ2) is 35.2. The van der Waals surface area contributed by atoms with E-state index >= 15 is 9.59 Å². The number of primary amides is 1. The van der Waals surface area contributed by atoms with E-state index in [1.165, 1.54) is 82.7 Å². The molecular weight excluding hydrogens is 1070 g/mol. The van der Waals surface area contributed by atoms with E-state index < -0.39 is 138 Å². The molecule has 0 saturated carbocycles. The summed E-state index contributed by atoms with van der Waals surface area (Å²) in [5.74, 6) is -8.52. The van der Waals surface area contributed by atoms with Crippen LogP contribution in [-0.2, 0) is 52.7 Å². The monoisotopic (exact) mass is 1180 g/mol. The molecule has 0 radical (unpaired) electrons. The Morgan fingerprint density at radius 3 is 1.35 bits per heavy atom. The van der Waals surface area contributed by atoms with Crippen LogP contribution in [0, 0.1) is 41.4 Å². The lowest BCUT2D eigenvalue weighted by Gasteiger charge is -2.41. The largest absolute Gasteiger partial charge is 0.390 e. The number of carbonyl (C=O) groups excluding carboxylic acids is 11. The number of rotatable bonds is 34. The van der Waals surface area contributed by atoms with Gasteiger partial charge in [-0.2, -0.15) is 0 Å². The van der Waals surface area contributed by atoms with Crippen LogP contribution in [-0.4, -0.2) is 221 Å². The Balaban J connectivity index is 7.03. The van der Waals surface area contributed by atoms with Gasteiger partial charge >= 0.3 is 0 Å². The first kappa shape index (κ1) is 76.9. The van der Waals surface area contributed by atoms with Crippen molar-refractivity contribution >= 4 is 65.0 Å². The van der Waals surface area contributed by atoms with Gasteiger partial charge in [-0.15, -0.1) is 0 Å². The van der Waals surface area contributed by atoms with E-state index in [4.69, 9.17) is 5.73 Å². The second-order valence-electron chi connectivity index (χ2n) is 24.8. The van der Waals surface area contributed by atoms with E-state index in [1.807, 2.05) is 55.4 Å². The number of allylic oxidation sites excluding steroid dienone is 2. The molecule has 23 heteroatoms. The minimum atomic E-state index is -1.59. The minimum Gasteiger partial charge on any atom is -0.390 e. The van der Waals surface area contributed by atoms with Gasteiger partial charge in [0.2, 0.25) is 65.0 Å². The van der Waals surface area contributed by atoms with Crippen LogP contribution in [0.3, 0.4) is 0 Å². The minimum absolute atomic E-state index is 0.0388. The molecule has 12 atom stereocenters. The number of likely N-dealkylation sites (N-methyl/N-ethyl adjacent to an activating group) is 7. The van der Waals surface area contributed by atoms with Gasteiger partial charge in [-0.1, -0.05) is 102 Å². The number of nitrogens with one attached hydrogen (secondary N) is 3. The third-order valence-electron chi connectivity index (χ3n) is 15.8. The number of nitrogens with two attached hydrogens (primary N) is 1. The van der Waals surface area contributed by atoms with Crippen LogP contribution in [0.1, 0.15) is 150 Å². The van der Waals surface area contributed by atoms with Crippen LogP contribution in [0.25, 0.3) is 0 Å². The summed E-state index contributed by atoms with van der Waals surface area (Å²) in [5, 5.41) is 20.0. The molecule has 1 unspecified atom stereocenters. The zero-order valence-corrected chi connectivity index (χ0v) is 54.9. The molecule has 0 fully saturated rings. The summed E-state index contributed by atoms with van der Waals surface area (Å²) >= 11 is 0. The van der Waals surface area contributed by atoms with Gasteiger partial charge in [0, 0.05) is 55.3 Å². The smallest absolute Gasteiger partial charge is 0.246 e. The first-order valence-corrected chi connectivity index (χ1v) is 29.5. The Bertz CT molecular complexity index is 2240. The van der Waals surface area contributed by atoms with Crippen molar-refractivity contribution in [1.29, 1.82) is 0 Å². The fourth-order valence-electron chi connectivity index (χ4n) is 9.65. The van der Waals surface area contributed by atoms with Gasteiger partial charge in [0.05, 0.1) is 12.6 Å². The summed E-state index contributed by atoms with van der Waals surface area (Å²) in [5.41, 5.74) is 5.38. The van der Waals surface area contributed by atoms with Crippen molar-refractivity contribution in [2.75, 3.05) is 55.9 Å². The highest BCUT2D eigenvalue weighted by Gasteiger charge is 2.45. The van der Waals surface area contributed by atoms with E-state index in [2.05, 4.69) is 16.0 Å². The van der Waals surface area contributed by atoms with Crippen molar-refractivity contribution < 1.29 is 57.8 Å². The predicted molar refractivity (Wildman–Crippen MR) is 321 cm³/mol. The summed E-state index contributed by atoms with van der Waals surface area (Å²) in [6.45, 7) is 29.5. The lowest BCUT2D eigenvalue weighted by atomic mass is 9.91. The maximum absolute atomic E-state index is 15.1. The van der Waals surface area contributed by atoms with Crippen LogP contribution in [0.2, 0.25) is 0 Å². The van der Waals surface area contributed by atoms with Gasteiger partial charge in [-0.05, 0) is 95.3 Å². The van der Waals surface area contributed by atoms with E-state index in [0.29, 0.717) is 12.8 Å². The number of amides is 11. The Morgan fingerprint density at radius 2 is 0.916 bits per heavy atom. The molecule has 0 spiro atoms. The van der Waals surface area contributed by atoms with Gasteiger partial charge in [0.25, 0.3) is 0 Å². The van der Waals surface area contributed by atoms with Crippen molar-refractivity contribution in [3.63, 3.8) is 0 Å². The molecule has 0 aliphatic rings. The first-order chi connectivity index (χ1) is 38.2. The molecule has 0 bridgehead atoms. The van der Waals surface area contributed by atoms with E-state index in [-0.39, 0.29) is 54.8 Å². The lowest BCUT2D eigenvalue weighted by molar-refractivity contribution is -0.157. The molecule has 83 heavy (non-hydrogen) atoms. The Labute approximate surface area is 496 Å². The molecule has 0 aliphatic carbocycles. The molecule has 11 amide bonds. The van der Waals surface area contributed by atoms with Gasteiger partial charge in [-0.25, -0.2) is 0 Å². The zero-order valence-electron chi connectivity index (χ0n) is 54.9. The Kier molecular flexibility index (Phi) is 32.6. The molecule has 0 saturated heterocycles. The Hall–Kier alpha value is -6.13. The van der Waals surface area contributed by atoms with Crippen LogP contribution >= 0.6 is 0 Å². The normalized spacial score (nSPS) is 16.1. The highest BCUT2D eigenvalue weighted by molar-refractivity contribution is 5.98. The molecule has 0 heterocycles. The molecule has 0 aromatic heterocycles. The summed E-state index contributed by atoms with van der Waals surface area (Å²) in [6, 6.07) is -10.5. The molecule has 0 aromatic rings. The van der Waals surface area contributed by atoms with Gasteiger partial charge in [0.1, 0.15) is 54.4 Å². The van der Waals surface area contributed by atoms with E-state index in [0.717, 1.165) is 14.7 Å². The molecule has 0 aliphatic heterocycles. The summed E-state index contributed by atoms with van der Waals surface area (Å²) in [6.07, 6.45) is 3.11. The summed E-state index contributed by atoms with van der Waals surface area (Å²) in [4.78, 5) is 161. The van der Waals surface area contributed by atoms with Crippen LogP contribution in [0.4, 0.5) is 0 Å². The van der Waals surface area contributed by atoms with Gasteiger partial charge in [-0.3, -0.25) is 52.7 Å². The average molecular weight is 1180 g/mol. The second-order valence-corrected chi connectivity index (χ2v) is 24.8. The lowest BCUT2D eigenvalue weighted by Crippen LogP contribution is -2.63. The molecule has 0 rings (SSSR count). The number of aliphatic hydroxyl groups excluding tert-OH is 1. The van der Waals surface area contributed by atoms with Gasteiger partial charge in [0.15, 0.2) is 0 Å². The van der Waals surface area contributed by atoms with Gasteiger partial charge < -0.3 is 61.1 Å². The van der Waals surface area contributed by atoms with Crippen molar-refractivity contribution in [2.45, 2.75) is 210 Å². The van der Waals surface area contributed by atoms with Crippen molar-refractivity contribution in [1.82, 2.24) is 50.2 Å². The average Bonchev–Trinajstić information content (AvgIpc) is 3.44. The number of hydrogen-bond donors (Lipinski definition) is 5. The molecule has 476 valence electrons. The topological polar surface area (TPSA) is 293 Å². The Morgan fingerprint density at radius 1 is 0.482 bits per heavy atom. The molecule has 0 aromatic carbocycles. The van der Waals surface area contributed by atoms with Crippen LogP contribution in [0.5, 0.6) is 0 Å². The van der Waals surface area contributed by atoms with Crippen molar-refractivity contribution in [3.8, 4) is 0 Å². The maximum atomic E-state index is 15.1. The highest BCUT2D eigenvalue weighted by Crippen LogP contribution is 2.25. The SMILES string of the molecule is C/C=C/C[C@@H](C)[C@H](O)C(C(=O)N[C@@H](CC)C(=O)N(C)CC(=O)N(C)[C@H](C)C(N)=O)N(C)C(=O)[C@@H](C(C)C)N(C)C(=O)[C@@H](CC(C)C)N(C)C(=O)[C@H](CC(C)C)N(C)C(=O)[C@@H](C)NC(=O)[C@H](C)NC(=O)[C@H](CC(C)C)N(C)C(=O)[C@H](C)C(C)C. The third-order valence-corrected chi connectivity index (χ3v) is 15.8. The van der Waals surface area contributed by atoms with E-state index in [1.54, 1.807) is 60.7 Å². The number of aliphatic hydroxyl groups is 1. The van der Waals surface area contributed by atoms with Crippen molar-refractivity contribution in [3.05, 3.63) is 12.2 Å². The molecular formula is C60H109N11O12. The third kappa shape index (κ3) is 22.4. The fourth-order valence-corrected chi connectivity index (χ4v) is 9.65. The van der Waals surface area contributed by atoms with Crippen LogP contribution in [0.15, 0.2) is 12.2 Å². The number of nitrogens with zero attached hydrogens (tertiary/aromatic N) is 7. The quantitative estimate of drug-likeness (QED) is 0.0582. The predicted octanol–water partition coefficient (Wildman–Crippen LogP) is 2.87. The zero-order chi connectivity index (χ0) is 65.0. The summed E-state index contributed by atoms with van der Waals surface area (Å²) in [7, 11) is 9.98. The standard InChI is InChI=1S/C60H109N11O12/c1-25-27-28-38(13)50(73)49(54(77)64-43(26-2)57(80)65(18)32-47(72)66(19)42(17)51(61)74)71(24)60(83)48(37(11)12)70(23)59(82)46(31-35(7)8)69(22)58(81)45(30-34(5)6)68(21)56(79)41(16)63-52(75)40(15)62-53(76)44(29-33(3)4)67(20)55(78)39(14)36(9)10/h25,27,33-46,48-50,73H,26,28-32H2,1-24H3,(H2,61,74)(H,62,76)(H,63,75)(H,64,77)/b27-25+/t38-,39-,40+,41-,42-,43+,44+,45+,46-,48-,49?,50+/m1/s1. The maximum Gasteiger partial charge on any atom is 0.246 e. The fraction of sp³-hybridized carbons (Fsp3) is 0.783. The molecule has 23 nitrogen and oxygen atoms in total. The number of carbonyl (C=O) groups is 11. The first-order valence-electron chi connectivity index (χ1n) is 29.5. The highest BCUT2D eigenvalue weighted by atomic mass is 16.3. The van der Waals surface area contributed by atoms with Crippen LogP contribution < -0.4 is 21.7 Å². The van der Waals surface area contributed by atoms with Crippen molar-refractivity contribution in [2.24, 2.45) is 47.2 Å².